The highest BCUT2D eigenvalue weighted by molar-refractivity contribution is 7.80. The van der Waals surface area contributed by atoms with Gasteiger partial charge in [0.1, 0.15) is 0 Å². The first-order chi connectivity index (χ1) is 9.79. The molecule has 20 heavy (non-hydrogen) atoms. The Balaban J connectivity index is 1.61. The number of likely N-dealkylation sites (tertiary alicyclic amines) is 1. The Bertz CT molecular complexity index is 407. The maximum atomic E-state index is 5.34. The van der Waals surface area contributed by atoms with Crippen molar-refractivity contribution in [2.75, 3.05) is 26.2 Å². The van der Waals surface area contributed by atoms with Crippen molar-refractivity contribution in [3.8, 4) is 0 Å². The second-order valence-corrected chi connectivity index (χ2v) is 5.71. The van der Waals surface area contributed by atoms with E-state index in [4.69, 9.17) is 12.2 Å². The van der Waals surface area contributed by atoms with Gasteiger partial charge in [0.2, 0.25) is 0 Å². The van der Waals surface area contributed by atoms with Crippen LogP contribution in [0.5, 0.6) is 0 Å². The van der Waals surface area contributed by atoms with Crippen LogP contribution in [0.15, 0.2) is 30.3 Å². The minimum atomic E-state index is 0.647. The zero-order valence-corrected chi connectivity index (χ0v) is 13.1. The summed E-state index contributed by atoms with van der Waals surface area (Å²) in [5.41, 5.74) is 1.34. The van der Waals surface area contributed by atoms with Gasteiger partial charge in [-0.2, -0.15) is 0 Å². The molecular formula is C16H25N3S. The molecule has 1 aliphatic rings. The lowest BCUT2D eigenvalue weighted by Crippen LogP contribution is -2.44. The first kappa shape index (κ1) is 15.3. The molecule has 0 radical (unpaired) electrons. The number of thiocarbonyl (C=S) groups is 1. The van der Waals surface area contributed by atoms with Crippen molar-refractivity contribution in [3.63, 3.8) is 0 Å². The molecule has 0 aromatic heterocycles. The summed E-state index contributed by atoms with van der Waals surface area (Å²) in [5.74, 6) is 0. The van der Waals surface area contributed by atoms with E-state index in [0.29, 0.717) is 6.04 Å². The van der Waals surface area contributed by atoms with E-state index in [2.05, 4.69) is 46.7 Å². The lowest BCUT2D eigenvalue weighted by Gasteiger charge is -2.23. The minimum Gasteiger partial charge on any atom is -0.362 e. The molecule has 0 saturated carbocycles. The van der Waals surface area contributed by atoms with Gasteiger partial charge in [0.25, 0.3) is 0 Å². The fourth-order valence-corrected chi connectivity index (χ4v) is 2.97. The molecule has 0 spiro atoms. The van der Waals surface area contributed by atoms with Gasteiger partial charge < -0.3 is 10.6 Å². The van der Waals surface area contributed by atoms with Crippen LogP contribution in [-0.2, 0) is 6.42 Å². The summed E-state index contributed by atoms with van der Waals surface area (Å²) in [6, 6.07) is 11.1. The van der Waals surface area contributed by atoms with Crippen molar-refractivity contribution in [1.29, 1.82) is 0 Å². The van der Waals surface area contributed by atoms with E-state index >= 15 is 0 Å². The summed E-state index contributed by atoms with van der Waals surface area (Å²) < 4.78 is 0. The zero-order valence-electron chi connectivity index (χ0n) is 12.3. The van der Waals surface area contributed by atoms with Crippen molar-refractivity contribution in [2.24, 2.45) is 0 Å². The van der Waals surface area contributed by atoms with Crippen molar-refractivity contribution in [1.82, 2.24) is 15.5 Å². The Labute approximate surface area is 127 Å². The molecule has 0 amide bonds. The number of hydrogen-bond acceptors (Lipinski definition) is 2. The lowest BCUT2D eigenvalue weighted by molar-refractivity contribution is 0.267. The molecule has 1 heterocycles. The van der Waals surface area contributed by atoms with E-state index in [1.807, 2.05) is 6.07 Å². The lowest BCUT2D eigenvalue weighted by atomic mass is 10.1. The summed E-state index contributed by atoms with van der Waals surface area (Å²) in [6.45, 7) is 6.45. The van der Waals surface area contributed by atoms with E-state index in [0.717, 1.165) is 31.2 Å². The Hall–Kier alpha value is -1.13. The first-order valence-electron chi connectivity index (χ1n) is 7.59. The van der Waals surface area contributed by atoms with Crippen LogP contribution in [0.3, 0.4) is 0 Å². The molecule has 4 heteroatoms. The van der Waals surface area contributed by atoms with Crippen LogP contribution in [-0.4, -0.2) is 42.2 Å². The molecule has 1 aromatic carbocycles. The molecule has 2 N–H and O–H groups in total. The Morgan fingerprint density at radius 2 is 2.10 bits per heavy atom. The molecule has 1 aliphatic heterocycles. The first-order valence-corrected chi connectivity index (χ1v) is 8.00. The van der Waals surface area contributed by atoms with Gasteiger partial charge in [-0.05, 0) is 50.1 Å². The van der Waals surface area contributed by atoms with Crippen LogP contribution in [0.1, 0.15) is 25.3 Å². The molecule has 0 aliphatic carbocycles. The molecule has 1 unspecified atom stereocenters. The van der Waals surface area contributed by atoms with Gasteiger partial charge in [0, 0.05) is 19.1 Å². The fraction of sp³-hybridized carbons (Fsp3) is 0.562. The normalized spacial score (nSPS) is 18.9. The standard InChI is InChI=1S/C16H25N3S/c1-2-19-12-6-9-15(19)13-18-16(20)17-11-10-14-7-4-3-5-8-14/h3-5,7-8,15H,2,6,9-13H2,1H3,(H2,17,18,20). The summed E-state index contributed by atoms with van der Waals surface area (Å²) in [6.07, 6.45) is 3.61. The van der Waals surface area contributed by atoms with Gasteiger partial charge in [-0.1, -0.05) is 37.3 Å². The average Bonchev–Trinajstić information content (AvgIpc) is 2.94. The van der Waals surface area contributed by atoms with Gasteiger partial charge in [0.05, 0.1) is 0 Å². The fourth-order valence-electron chi connectivity index (χ4n) is 2.78. The van der Waals surface area contributed by atoms with Crippen molar-refractivity contribution in [3.05, 3.63) is 35.9 Å². The van der Waals surface area contributed by atoms with E-state index in [1.165, 1.54) is 24.9 Å². The predicted octanol–water partition coefficient (Wildman–Crippen LogP) is 2.18. The third kappa shape index (κ3) is 4.76. The second kappa shape index (κ2) is 8.22. The second-order valence-electron chi connectivity index (χ2n) is 5.30. The zero-order chi connectivity index (χ0) is 14.2. The number of hydrogen-bond donors (Lipinski definition) is 2. The molecule has 0 bridgehead atoms. The maximum absolute atomic E-state index is 5.34. The summed E-state index contributed by atoms with van der Waals surface area (Å²) in [4.78, 5) is 2.53. The topological polar surface area (TPSA) is 27.3 Å². The van der Waals surface area contributed by atoms with Gasteiger partial charge in [-0.25, -0.2) is 0 Å². The number of rotatable bonds is 6. The Morgan fingerprint density at radius 3 is 2.85 bits per heavy atom. The van der Waals surface area contributed by atoms with Crippen LogP contribution in [0.2, 0.25) is 0 Å². The monoisotopic (exact) mass is 291 g/mol. The van der Waals surface area contributed by atoms with Crippen molar-refractivity contribution >= 4 is 17.3 Å². The molecular weight excluding hydrogens is 266 g/mol. The van der Waals surface area contributed by atoms with Crippen LogP contribution >= 0.6 is 12.2 Å². The third-order valence-electron chi connectivity index (χ3n) is 3.95. The van der Waals surface area contributed by atoms with Crippen LogP contribution in [0.25, 0.3) is 0 Å². The summed E-state index contributed by atoms with van der Waals surface area (Å²) in [5, 5.41) is 7.42. The van der Waals surface area contributed by atoms with E-state index in [-0.39, 0.29) is 0 Å². The SMILES string of the molecule is CCN1CCCC1CNC(=S)NCCc1ccccc1. The highest BCUT2D eigenvalue weighted by atomic mass is 32.1. The maximum Gasteiger partial charge on any atom is 0.166 e. The van der Waals surface area contributed by atoms with Crippen LogP contribution in [0.4, 0.5) is 0 Å². The number of benzene rings is 1. The highest BCUT2D eigenvalue weighted by Gasteiger charge is 2.22. The molecule has 1 saturated heterocycles. The number of nitrogens with one attached hydrogen (secondary N) is 2. The van der Waals surface area contributed by atoms with E-state index in [1.54, 1.807) is 0 Å². The number of likely N-dealkylation sites (N-methyl/N-ethyl adjacent to an activating group) is 1. The van der Waals surface area contributed by atoms with E-state index in [9.17, 15) is 0 Å². The minimum absolute atomic E-state index is 0.647. The van der Waals surface area contributed by atoms with Gasteiger partial charge in [0.15, 0.2) is 5.11 Å². The highest BCUT2D eigenvalue weighted by Crippen LogP contribution is 2.15. The average molecular weight is 291 g/mol. The van der Waals surface area contributed by atoms with Crippen LogP contribution in [0, 0.1) is 0 Å². The summed E-state index contributed by atoms with van der Waals surface area (Å²) >= 11 is 5.34. The molecule has 1 aromatic rings. The van der Waals surface area contributed by atoms with Crippen LogP contribution < -0.4 is 10.6 Å². The van der Waals surface area contributed by atoms with Gasteiger partial charge >= 0.3 is 0 Å². The van der Waals surface area contributed by atoms with Crippen molar-refractivity contribution in [2.45, 2.75) is 32.2 Å². The van der Waals surface area contributed by atoms with Gasteiger partial charge in [-0.15, -0.1) is 0 Å². The number of nitrogens with zero attached hydrogens (tertiary/aromatic N) is 1. The Kier molecular flexibility index (Phi) is 6.27. The quantitative estimate of drug-likeness (QED) is 0.786. The van der Waals surface area contributed by atoms with Gasteiger partial charge in [-0.3, -0.25) is 4.90 Å². The molecule has 3 nitrogen and oxygen atoms in total. The summed E-state index contributed by atoms with van der Waals surface area (Å²) in [7, 11) is 0. The smallest absolute Gasteiger partial charge is 0.166 e. The third-order valence-corrected chi connectivity index (χ3v) is 4.23. The molecule has 2 rings (SSSR count). The molecule has 1 fully saturated rings. The molecule has 1 atom stereocenters. The van der Waals surface area contributed by atoms with Crippen molar-refractivity contribution < 1.29 is 0 Å². The Morgan fingerprint density at radius 1 is 1.30 bits per heavy atom. The molecule has 110 valence electrons. The predicted molar refractivity (Wildman–Crippen MR) is 89.0 cm³/mol. The van der Waals surface area contributed by atoms with E-state index < -0.39 is 0 Å². The largest absolute Gasteiger partial charge is 0.362 e.